The molecule has 0 fully saturated rings. The van der Waals surface area contributed by atoms with Crippen LogP contribution in [0.3, 0.4) is 0 Å². The second-order valence-electron chi connectivity index (χ2n) is 1.01. The first-order valence-electron chi connectivity index (χ1n) is 1.83. The van der Waals surface area contributed by atoms with E-state index in [-0.39, 0.29) is 0 Å². The molecule has 0 bridgehead atoms. The summed E-state index contributed by atoms with van der Waals surface area (Å²) in [7, 11) is 0. The molecule has 0 spiro atoms. The molecule has 0 aliphatic rings. The van der Waals surface area contributed by atoms with Crippen molar-refractivity contribution in [1.29, 1.82) is 5.26 Å². The third kappa shape index (κ3) is 1.41. The molecule has 0 aromatic heterocycles. The van der Waals surface area contributed by atoms with Crippen LogP contribution in [0.5, 0.6) is 0 Å². The summed E-state index contributed by atoms with van der Waals surface area (Å²) in [5.41, 5.74) is 0. The van der Waals surface area contributed by atoms with Crippen LogP contribution in [0.2, 0.25) is 0 Å². The summed E-state index contributed by atoms with van der Waals surface area (Å²) in [4.78, 5) is 10.2. The number of rotatable bonds is 1. The van der Waals surface area contributed by atoms with Crippen molar-refractivity contribution in [3.05, 3.63) is 12.7 Å². The van der Waals surface area contributed by atoms with E-state index in [9.17, 15) is 4.79 Å². The van der Waals surface area contributed by atoms with Gasteiger partial charge in [-0.2, -0.15) is 10.3 Å². The van der Waals surface area contributed by atoms with E-state index in [0.29, 0.717) is 5.01 Å². The SMILES string of the molecule is C=CC(=O)N(N)C#N. The van der Waals surface area contributed by atoms with Crippen LogP contribution in [0.25, 0.3) is 0 Å². The topological polar surface area (TPSA) is 70.1 Å². The molecule has 4 heteroatoms. The van der Waals surface area contributed by atoms with Crippen LogP contribution < -0.4 is 5.84 Å². The molecule has 0 saturated carbocycles. The van der Waals surface area contributed by atoms with Crippen LogP contribution in [-0.2, 0) is 4.79 Å². The van der Waals surface area contributed by atoms with Crippen molar-refractivity contribution in [2.24, 2.45) is 5.84 Å². The Bertz CT molecular complexity index is 146. The largest absolute Gasteiger partial charge is 0.273 e. The molecule has 2 N–H and O–H groups in total. The fourth-order valence-corrected chi connectivity index (χ4v) is 0.148. The number of nitriles is 1. The summed E-state index contributed by atoms with van der Waals surface area (Å²) >= 11 is 0. The minimum atomic E-state index is -0.604. The fraction of sp³-hybridized carbons (Fsp3) is 0. The summed E-state index contributed by atoms with van der Waals surface area (Å²) in [5, 5.41) is 8.31. The van der Waals surface area contributed by atoms with Gasteiger partial charge in [-0.05, 0) is 6.08 Å². The van der Waals surface area contributed by atoms with E-state index in [4.69, 9.17) is 11.1 Å². The molecule has 0 unspecified atom stereocenters. The van der Waals surface area contributed by atoms with Crippen LogP contribution in [0.4, 0.5) is 0 Å². The Morgan fingerprint density at radius 1 is 2.00 bits per heavy atom. The maximum absolute atomic E-state index is 10.2. The number of hydrogen-bond acceptors (Lipinski definition) is 3. The number of nitrogens with zero attached hydrogens (tertiary/aromatic N) is 2. The van der Waals surface area contributed by atoms with E-state index in [1.54, 1.807) is 0 Å². The molecule has 0 atom stereocenters. The zero-order chi connectivity index (χ0) is 6.57. The quantitative estimate of drug-likeness (QED) is 0.122. The first-order chi connectivity index (χ1) is 3.72. The van der Waals surface area contributed by atoms with Gasteiger partial charge in [0.15, 0.2) is 0 Å². The van der Waals surface area contributed by atoms with Gasteiger partial charge in [-0.15, -0.1) is 0 Å². The van der Waals surface area contributed by atoms with Gasteiger partial charge in [0.1, 0.15) is 0 Å². The second-order valence-corrected chi connectivity index (χ2v) is 1.01. The molecular formula is C4H5N3O. The third-order valence-corrected chi connectivity index (χ3v) is 0.520. The molecule has 0 rings (SSSR count). The molecule has 0 aromatic carbocycles. The normalized spacial score (nSPS) is 7.00. The average molecular weight is 111 g/mol. The van der Waals surface area contributed by atoms with Crippen LogP contribution in [0.15, 0.2) is 12.7 Å². The number of amides is 1. The van der Waals surface area contributed by atoms with E-state index >= 15 is 0 Å². The average Bonchev–Trinajstić information content (AvgIpc) is 1.84. The molecule has 0 aromatic rings. The molecule has 4 nitrogen and oxygen atoms in total. The van der Waals surface area contributed by atoms with E-state index in [0.717, 1.165) is 6.08 Å². The van der Waals surface area contributed by atoms with Crippen LogP contribution in [0.1, 0.15) is 0 Å². The van der Waals surface area contributed by atoms with Gasteiger partial charge in [0.05, 0.1) is 0 Å². The molecule has 0 aliphatic carbocycles. The van der Waals surface area contributed by atoms with Gasteiger partial charge in [0.2, 0.25) is 6.19 Å². The molecule has 0 saturated heterocycles. The standard InChI is InChI=1S/C4H5N3O/c1-2-4(8)7(6)3-5/h2H,1,6H2. The van der Waals surface area contributed by atoms with Gasteiger partial charge in [-0.1, -0.05) is 6.58 Å². The Balaban J connectivity index is 3.86. The number of nitrogens with two attached hydrogens (primary N) is 1. The summed E-state index contributed by atoms with van der Waals surface area (Å²) in [6.45, 7) is 3.11. The van der Waals surface area contributed by atoms with Gasteiger partial charge in [0.25, 0.3) is 5.91 Å². The smallest absolute Gasteiger partial charge is 0.267 e. The lowest BCUT2D eigenvalue weighted by Gasteiger charge is -1.98. The van der Waals surface area contributed by atoms with E-state index in [1.807, 2.05) is 0 Å². The zero-order valence-corrected chi connectivity index (χ0v) is 4.16. The van der Waals surface area contributed by atoms with Crippen LogP contribution >= 0.6 is 0 Å². The predicted octanol–water partition coefficient (Wildman–Crippen LogP) is -0.644. The van der Waals surface area contributed by atoms with Crippen molar-refractivity contribution in [3.63, 3.8) is 0 Å². The highest BCUT2D eigenvalue weighted by Gasteiger charge is 1.99. The van der Waals surface area contributed by atoms with Crippen LogP contribution in [0, 0.1) is 11.5 Å². The number of hydrogen-bond donors (Lipinski definition) is 1. The first kappa shape index (κ1) is 6.66. The minimum Gasteiger partial charge on any atom is -0.267 e. The Hall–Kier alpha value is -1.34. The molecule has 0 aliphatic heterocycles. The Kier molecular flexibility index (Phi) is 2.31. The summed E-state index contributed by atoms with van der Waals surface area (Å²) in [5.74, 6) is 4.17. The lowest BCUT2D eigenvalue weighted by molar-refractivity contribution is -0.123. The van der Waals surface area contributed by atoms with Gasteiger partial charge >= 0.3 is 0 Å². The van der Waals surface area contributed by atoms with Gasteiger partial charge in [-0.25, -0.2) is 5.84 Å². The fourth-order valence-electron chi connectivity index (χ4n) is 0.148. The van der Waals surface area contributed by atoms with Crippen molar-refractivity contribution in [3.8, 4) is 6.19 Å². The van der Waals surface area contributed by atoms with E-state index < -0.39 is 5.91 Å². The highest BCUT2D eigenvalue weighted by molar-refractivity contribution is 5.87. The van der Waals surface area contributed by atoms with Crippen molar-refractivity contribution < 1.29 is 4.79 Å². The molecule has 8 heavy (non-hydrogen) atoms. The first-order valence-corrected chi connectivity index (χ1v) is 1.83. The Morgan fingerprint density at radius 3 is 2.62 bits per heavy atom. The minimum absolute atomic E-state index is 0.396. The molecule has 0 heterocycles. The van der Waals surface area contributed by atoms with E-state index in [1.165, 1.54) is 6.19 Å². The van der Waals surface area contributed by atoms with Crippen molar-refractivity contribution in [2.75, 3.05) is 0 Å². The maximum Gasteiger partial charge on any atom is 0.273 e. The monoisotopic (exact) mass is 111 g/mol. The number of hydrazine groups is 1. The summed E-state index contributed by atoms with van der Waals surface area (Å²) in [6, 6.07) is 0. The van der Waals surface area contributed by atoms with Crippen molar-refractivity contribution >= 4 is 5.91 Å². The predicted molar refractivity (Wildman–Crippen MR) is 26.8 cm³/mol. The molecule has 1 amide bonds. The second kappa shape index (κ2) is 2.77. The molecule has 0 radical (unpaired) electrons. The van der Waals surface area contributed by atoms with Crippen molar-refractivity contribution in [1.82, 2.24) is 5.01 Å². The maximum atomic E-state index is 10.2. The summed E-state index contributed by atoms with van der Waals surface area (Å²) in [6.07, 6.45) is 2.37. The molecule has 42 valence electrons. The Labute approximate surface area is 46.8 Å². The number of carbonyl (C=O) groups excluding carboxylic acids is 1. The highest BCUT2D eigenvalue weighted by Crippen LogP contribution is 1.74. The lowest BCUT2D eigenvalue weighted by Crippen LogP contribution is -2.30. The van der Waals surface area contributed by atoms with Gasteiger partial charge in [-0.3, -0.25) is 4.79 Å². The Morgan fingerprint density at radius 2 is 2.50 bits per heavy atom. The van der Waals surface area contributed by atoms with E-state index in [2.05, 4.69) is 6.58 Å². The summed E-state index contributed by atoms with van der Waals surface area (Å²) < 4.78 is 0. The lowest BCUT2D eigenvalue weighted by atomic mass is 10.6. The highest BCUT2D eigenvalue weighted by atomic mass is 16.2. The zero-order valence-electron chi connectivity index (χ0n) is 4.16. The molecular weight excluding hydrogens is 106 g/mol. The third-order valence-electron chi connectivity index (χ3n) is 0.520. The van der Waals surface area contributed by atoms with Crippen molar-refractivity contribution in [2.45, 2.75) is 0 Å². The van der Waals surface area contributed by atoms with Crippen LogP contribution in [-0.4, -0.2) is 10.9 Å². The van der Waals surface area contributed by atoms with Gasteiger partial charge in [0, 0.05) is 0 Å². The number of carbonyl (C=O) groups is 1. The van der Waals surface area contributed by atoms with Gasteiger partial charge < -0.3 is 0 Å².